The number of rotatable bonds is 5. The van der Waals surface area contributed by atoms with E-state index in [9.17, 15) is 0 Å². The molecular formula is C49H29N3S2. The molecule has 54 heavy (non-hydrogen) atoms. The maximum atomic E-state index is 5.24. The molecule has 0 radical (unpaired) electrons. The maximum absolute atomic E-state index is 5.24. The van der Waals surface area contributed by atoms with E-state index in [4.69, 9.17) is 15.0 Å². The van der Waals surface area contributed by atoms with Crippen molar-refractivity contribution in [1.82, 2.24) is 15.0 Å². The summed E-state index contributed by atoms with van der Waals surface area (Å²) in [7, 11) is 0. The van der Waals surface area contributed by atoms with Crippen LogP contribution in [0.2, 0.25) is 0 Å². The first-order valence-electron chi connectivity index (χ1n) is 18.0. The second-order valence-corrected chi connectivity index (χ2v) is 15.8. The molecule has 0 aliphatic carbocycles. The fraction of sp³-hybridized carbons (Fsp3) is 0. The van der Waals surface area contributed by atoms with Gasteiger partial charge in [-0.3, -0.25) is 0 Å². The molecule has 11 rings (SSSR count). The molecule has 0 spiro atoms. The molecule has 0 N–H and O–H groups in total. The van der Waals surface area contributed by atoms with Crippen LogP contribution in [0, 0.1) is 0 Å². The Kier molecular flexibility index (Phi) is 7.22. The second kappa shape index (κ2) is 12.6. The third-order valence-corrected chi connectivity index (χ3v) is 12.6. The van der Waals surface area contributed by atoms with E-state index in [1.54, 1.807) is 0 Å². The van der Waals surface area contributed by atoms with Crippen LogP contribution in [0.3, 0.4) is 0 Å². The molecule has 0 bridgehead atoms. The molecular weight excluding hydrogens is 695 g/mol. The SMILES string of the molecule is c1ccc(-c2cc(-c3nc(-c4cccc(-c5ccc6c(c5)sc5ccccc56)c4)nc(-c4ccc5sc6ccccc6c5c4)n3)cc3ccccc23)cc1. The molecule has 0 saturated heterocycles. The van der Waals surface area contributed by atoms with Gasteiger partial charge in [-0.2, -0.15) is 0 Å². The third-order valence-electron chi connectivity index (χ3n) is 10.3. The molecule has 3 heterocycles. The van der Waals surface area contributed by atoms with E-state index in [1.807, 2.05) is 22.7 Å². The highest BCUT2D eigenvalue weighted by atomic mass is 32.1. The van der Waals surface area contributed by atoms with Crippen LogP contribution in [-0.4, -0.2) is 15.0 Å². The first-order valence-corrected chi connectivity index (χ1v) is 19.6. The van der Waals surface area contributed by atoms with Crippen LogP contribution in [-0.2, 0) is 0 Å². The summed E-state index contributed by atoms with van der Waals surface area (Å²) in [4.78, 5) is 15.7. The lowest BCUT2D eigenvalue weighted by molar-refractivity contribution is 1.08. The molecule has 0 unspecified atom stereocenters. The van der Waals surface area contributed by atoms with Crippen molar-refractivity contribution in [1.29, 1.82) is 0 Å². The smallest absolute Gasteiger partial charge is 0.164 e. The minimum absolute atomic E-state index is 0.643. The fourth-order valence-corrected chi connectivity index (χ4v) is 9.90. The summed E-state index contributed by atoms with van der Waals surface area (Å²) in [5, 5.41) is 7.40. The molecule has 8 aromatic carbocycles. The Morgan fingerprint density at radius 1 is 0.278 bits per heavy atom. The van der Waals surface area contributed by atoms with Gasteiger partial charge in [0.1, 0.15) is 0 Å². The van der Waals surface area contributed by atoms with Crippen LogP contribution in [0.15, 0.2) is 176 Å². The quantitative estimate of drug-likeness (QED) is 0.177. The predicted octanol–water partition coefficient (Wildman–Crippen LogP) is 14.1. The molecule has 5 heteroatoms. The number of hydrogen-bond donors (Lipinski definition) is 0. The summed E-state index contributed by atoms with van der Waals surface area (Å²) >= 11 is 3.65. The monoisotopic (exact) mass is 723 g/mol. The second-order valence-electron chi connectivity index (χ2n) is 13.6. The Morgan fingerprint density at radius 2 is 0.815 bits per heavy atom. The predicted molar refractivity (Wildman–Crippen MR) is 230 cm³/mol. The Labute approximate surface area is 319 Å². The van der Waals surface area contributed by atoms with Gasteiger partial charge in [0.2, 0.25) is 0 Å². The fourth-order valence-electron chi connectivity index (χ4n) is 7.67. The minimum Gasteiger partial charge on any atom is -0.208 e. The van der Waals surface area contributed by atoms with Gasteiger partial charge in [0.25, 0.3) is 0 Å². The highest BCUT2D eigenvalue weighted by molar-refractivity contribution is 7.26. The zero-order valence-corrected chi connectivity index (χ0v) is 30.5. The highest BCUT2D eigenvalue weighted by Gasteiger charge is 2.17. The summed E-state index contributed by atoms with van der Waals surface area (Å²) in [6.07, 6.45) is 0. The molecule has 0 atom stereocenters. The van der Waals surface area contributed by atoms with Gasteiger partial charge >= 0.3 is 0 Å². The first kappa shape index (κ1) is 31.0. The Bertz CT molecular complexity index is 3230. The van der Waals surface area contributed by atoms with Crippen LogP contribution < -0.4 is 0 Å². The average Bonchev–Trinajstić information content (AvgIpc) is 3.81. The molecule has 11 aromatic rings. The summed E-state index contributed by atoms with van der Waals surface area (Å²) in [6, 6.07) is 62.8. The number of nitrogens with zero attached hydrogens (tertiary/aromatic N) is 3. The Balaban J connectivity index is 1.10. The van der Waals surface area contributed by atoms with Crippen molar-refractivity contribution in [2.75, 3.05) is 0 Å². The number of aromatic nitrogens is 3. The molecule has 0 amide bonds. The highest BCUT2D eigenvalue weighted by Crippen LogP contribution is 2.39. The Hall–Kier alpha value is -6.53. The number of hydrogen-bond acceptors (Lipinski definition) is 5. The van der Waals surface area contributed by atoms with Crippen molar-refractivity contribution in [2.45, 2.75) is 0 Å². The van der Waals surface area contributed by atoms with Crippen molar-refractivity contribution < 1.29 is 0 Å². The maximum Gasteiger partial charge on any atom is 0.164 e. The standard InChI is InChI=1S/C49H29N3S2/c1-2-11-30(12-3-1)41-28-36(26-33-13-4-5-16-37(33)41)49-51-47(50-48(52-49)35-22-24-45-42(27-35)39-18-7-9-20-44(39)53-45)34-15-10-14-31(25-34)32-21-23-40-38-17-6-8-19-43(38)54-46(40)29-32/h1-29H. The van der Waals surface area contributed by atoms with E-state index in [0.29, 0.717) is 17.5 Å². The van der Waals surface area contributed by atoms with Crippen molar-refractivity contribution in [3.63, 3.8) is 0 Å². The van der Waals surface area contributed by atoms with Gasteiger partial charge in [0, 0.05) is 57.0 Å². The molecule has 0 aliphatic rings. The molecule has 0 fully saturated rings. The largest absolute Gasteiger partial charge is 0.208 e. The topological polar surface area (TPSA) is 38.7 Å². The summed E-state index contributed by atoms with van der Waals surface area (Å²) < 4.78 is 5.11. The summed E-state index contributed by atoms with van der Waals surface area (Å²) in [5.74, 6) is 1.94. The third kappa shape index (κ3) is 5.28. The number of fused-ring (bicyclic) bond motifs is 7. The lowest BCUT2D eigenvalue weighted by atomic mass is 9.95. The summed E-state index contributed by atoms with van der Waals surface area (Å²) in [6.45, 7) is 0. The van der Waals surface area contributed by atoms with Gasteiger partial charge in [-0.1, -0.05) is 121 Å². The van der Waals surface area contributed by atoms with Crippen LogP contribution >= 0.6 is 22.7 Å². The molecule has 0 aliphatic heterocycles. The van der Waals surface area contributed by atoms with E-state index >= 15 is 0 Å². The van der Waals surface area contributed by atoms with Crippen LogP contribution in [0.1, 0.15) is 0 Å². The van der Waals surface area contributed by atoms with E-state index in [1.165, 1.54) is 51.3 Å². The van der Waals surface area contributed by atoms with Crippen molar-refractivity contribution >= 4 is 73.8 Å². The average molecular weight is 724 g/mol. The molecule has 3 aromatic heterocycles. The lowest BCUT2D eigenvalue weighted by Gasteiger charge is -2.13. The first-order chi connectivity index (χ1) is 26.7. The van der Waals surface area contributed by atoms with Gasteiger partial charge in [0.05, 0.1) is 0 Å². The van der Waals surface area contributed by atoms with E-state index in [2.05, 4.69) is 176 Å². The number of thiophene rings is 2. The number of benzene rings is 8. The van der Waals surface area contributed by atoms with Crippen molar-refractivity contribution in [2.24, 2.45) is 0 Å². The van der Waals surface area contributed by atoms with E-state index in [-0.39, 0.29) is 0 Å². The zero-order chi connectivity index (χ0) is 35.6. The molecule has 252 valence electrons. The van der Waals surface area contributed by atoms with Gasteiger partial charge in [0.15, 0.2) is 17.5 Å². The van der Waals surface area contributed by atoms with E-state index < -0.39 is 0 Å². The minimum atomic E-state index is 0.643. The van der Waals surface area contributed by atoms with Crippen LogP contribution in [0.5, 0.6) is 0 Å². The summed E-state index contributed by atoms with van der Waals surface area (Å²) in [5.41, 5.74) is 7.46. The van der Waals surface area contributed by atoms with Crippen LogP contribution in [0.4, 0.5) is 0 Å². The van der Waals surface area contributed by atoms with E-state index in [0.717, 1.165) is 38.8 Å². The van der Waals surface area contributed by atoms with Crippen molar-refractivity contribution in [3.8, 4) is 56.4 Å². The Morgan fingerprint density at radius 3 is 1.61 bits per heavy atom. The van der Waals surface area contributed by atoms with Crippen molar-refractivity contribution in [3.05, 3.63) is 176 Å². The lowest BCUT2D eigenvalue weighted by Crippen LogP contribution is -2.00. The van der Waals surface area contributed by atoms with Crippen LogP contribution in [0.25, 0.3) is 108 Å². The molecule has 0 saturated carbocycles. The zero-order valence-electron chi connectivity index (χ0n) is 28.9. The molecule has 3 nitrogen and oxygen atoms in total. The normalized spacial score (nSPS) is 11.7. The van der Waals surface area contributed by atoms with Gasteiger partial charge in [-0.25, -0.2) is 15.0 Å². The van der Waals surface area contributed by atoms with Gasteiger partial charge in [-0.05, 0) is 87.6 Å². The van der Waals surface area contributed by atoms with Gasteiger partial charge < -0.3 is 0 Å². The van der Waals surface area contributed by atoms with Gasteiger partial charge in [-0.15, -0.1) is 22.7 Å².